The third-order valence-electron chi connectivity index (χ3n) is 5.52. The van der Waals surface area contributed by atoms with Gasteiger partial charge in [0.05, 0.1) is 29.5 Å². The molecule has 0 unspecified atom stereocenters. The fourth-order valence-electron chi connectivity index (χ4n) is 3.85. The van der Waals surface area contributed by atoms with Crippen LogP contribution in [0, 0.1) is 11.3 Å². The van der Waals surface area contributed by atoms with Crippen molar-refractivity contribution in [2.75, 3.05) is 6.61 Å². The maximum Gasteiger partial charge on any atom is 0.389 e. The van der Waals surface area contributed by atoms with Crippen molar-refractivity contribution in [1.29, 1.82) is 5.26 Å². The van der Waals surface area contributed by atoms with Gasteiger partial charge in [0.15, 0.2) is 0 Å². The van der Waals surface area contributed by atoms with E-state index in [2.05, 4.69) is 16.3 Å². The highest BCUT2D eigenvalue weighted by atomic mass is 19.4. The number of halogens is 3. The molecule has 1 aliphatic heterocycles. The lowest BCUT2D eigenvalue weighted by Crippen LogP contribution is -2.25. The predicted octanol–water partition coefficient (Wildman–Crippen LogP) is 4.60. The van der Waals surface area contributed by atoms with Crippen LogP contribution in [0.3, 0.4) is 0 Å². The van der Waals surface area contributed by atoms with Gasteiger partial charge in [-0.15, -0.1) is 0 Å². The zero-order valence-electron chi connectivity index (χ0n) is 17.6. The minimum Gasteiger partial charge on any atom is -0.507 e. The van der Waals surface area contributed by atoms with Crippen molar-refractivity contribution in [2.45, 2.75) is 44.9 Å². The first-order valence-electron chi connectivity index (χ1n) is 10.4. The van der Waals surface area contributed by atoms with Crippen LogP contribution in [0.5, 0.6) is 11.5 Å². The summed E-state index contributed by atoms with van der Waals surface area (Å²) in [4.78, 5) is 14.7. The first-order valence-corrected chi connectivity index (χ1v) is 10.4. The number of alkyl halides is 3. The van der Waals surface area contributed by atoms with Crippen molar-refractivity contribution < 1.29 is 27.8 Å². The van der Waals surface area contributed by atoms with Crippen LogP contribution in [0.15, 0.2) is 30.3 Å². The van der Waals surface area contributed by atoms with Gasteiger partial charge in [-0.25, -0.2) is 0 Å². The van der Waals surface area contributed by atoms with E-state index in [-0.39, 0.29) is 23.4 Å². The Morgan fingerprint density at radius 2 is 2.03 bits per heavy atom. The molecule has 1 aromatic heterocycles. The van der Waals surface area contributed by atoms with Gasteiger partial charge in [-0.1, -0.05) is 6.07 Å². The first-order chi connectivity index (χ1) is 15.7. The SMILES string of the molecule is N#CCCCOc1ccc2c(c1)CN(C(=O)c1cc3c(CCC(F)(F)F)n[nH]c3cc1O)C2. The van der Waals surface area contributed by atoms with Gasteiger partial charge in [0.2, 0.25) is 0 Å². The molecule has 4 rings (SSSR count). The van der Waals surface area contributed by atoms with Gasteiger partial charge in [0, 0.05) is 43.8 Å². The Kier molecular flexibility index (Phi) is 6.14. The molecule has 1 aliphatic rings. The number of aromatic nitrogens is 2. The van der Waals surface area contributed by atoms with Crippen LogP contribution >= 0.6 is 0 Å². The number of phenolic OH excluding ortho intramolecular Hbond substituents is 1. The summed E-state index contributed by atoms with van der Waals surface area (Å²) in [6, 6.07) is 10.3. The number of phenols is 1. The highest BCUT2D eigenvalue weighted by Crippen LogP contribution is 2.32. The van der Waals surface area contributed by atoms with Crippen LogP contribution in [0.25, 0.3) is 10.9 Å². The molecule has 7 nitrogen and oxygen atoms in total. The van der Waals surface area contributed by atoms with E-state index in [0.29, 0.717) is 49.2 Å². The summed E-state index contributed by atoms with van der Waals surface area (Å²) in [6.45, 7) is 1.07. The van der Waals surface area contributed by atoms with E-state index in [1.807, 2.05) is 12.1 Å². The van der Waals surface area contributed by atoms with E-state index >= 15 is 0 Å². The second kappa shape index (κ2) is 9.02. The minimum atomic E-state index is -4.32. The molecular formula is C23H21F3N4O3. The van der Waals surface area contributed by atoms with E-state index < -0.39 is 18.5 Å². The second-order valence-corrected chi connectivity index (χ2v) is 7.90. The minimum absolute atomic E-state index is 0.0120. The Hall–Kier alpha value is -3.74. The molecule has 0 fully saturated rings. The molecule has 3 aromatic rings. The van der Waals surface area contributed by atoms with Crippen molar-refractivity contribution in [2.24, 2.45) is 0 Å². The van der Waals surface area contributed by atoms with E-state index in [0.717, 1.165) is 11.1 Å². The van der Waals surface area contributed by atoms with Gasteiger partial charge in [-0.2, -0.15) is 23.5 Å². The topological polar surface area (TPSA) is 102 Å². The summed E-state index contributed by atoms with van der Waals surface area (Å²) in [5.41, 5.74) is 2.43. The molecule has 0 spiro atoms. The molecule has 10 heteroatoms. The maximum absolute atomic E-state index is 13.2. The predicted molar refractivity (Wildman–Crippen MR) is 112 cm³/mol. The lowest BCUT2D eigenvalue weighted by atomic mass is 10.1. The molecule has 0 aliphatic carbocycles. The van der Waals surface area contributed by atoms with Crippen molar-refractivity contribution in [3.63, 3.8) is 0 Å². The van der Waals surface area contributed by atoms with E-state index in [9.17, 15) is 23.1 Å². The van der Waals surface area contributed by atoms with Crippen molar-refractivity contribution in [1.82, 2.24) is 15.1 Å². The Morgan fingerprint density at radius 1 is 1.24 bits per heavy atom. The smallest absolute Gasteiger partial charge is 0.389 e. The molecular weight excluding hydrogens is 437 g/mol. The number of nitrogens with zero attached hydrogens (tertiary/aromatic N) is 3. The average molecular weight is 458 g/mol. The van der Waals surface area contributed by atoms with Crippen LogP contribution < -0.4 is 4.74 Å². The molecule has 2 aromatic carbocycles. The van der Waals surface area contributed by atoms with Gasteiger partial charge in [-0.3, -0.25) is 9.89 Å². The quantitative estimate of drug-likeness (QED) is 0.504. The molecule has 2 N–H and O–H groups in total. The van der Waals surface area contributed by atoms with Crippen molar-refractivity contribution in [3.05, 3.63) is 52.7 Å². The number of H-pyrrole nitrogens is 1. The molecule has 0 saturated carbocycles. The number of hydrogen-bond donors (Lipinski definition) is 2. The standard InChI is InChI=1S/C23H21F3N4O3/c24-23(25,26)6-5-19-17-10-18(21(31)11-20(17)29-28-19)22(32)30-12-14-3-4-16(9-15(14)13-30)33-8-2-1-7-27/h3-4,9-11,31H,1-2,5-6,8,12-13H2,(H,28,29). The molecule has 0 bridgehead atoms. The number of unbranched alkanes of at least 4 members (excludes halogenated alkanes) is 1. The number of rotatable bonds is 7. The molecule has 2 heterocycles. The Labute approximate surface area is 187 Å². The Morgan fingerprint density at radius 3 is 2.79 bits per heavy atom. The number of aromatic amines is 1. The number of benzene rings is 2. The van der Waals surface area contributed by atoms with Gasteiger partial charge in [-0.05, 0) is 35.7 Å². The summed E-state index contributed by atoms with van der Waals surface area (Å²) >= 11 is 0. The molecule has 33 heavy (non-hydrogen) atoms. The number of hydrogen-bond acceptors (Lipinski definition) is 5. The lowest BCUT2D eigenvalue weighted by Gasteiger charge is -2.16. The van der Waals surface area contributed by atoms with E-state index in [1.54, 1.807) is 11.0 Å². The highest BCUT2D eigenvalue weighted by molar-refractivity contribution is 6.01. The monoisotopic (exact) mass is 458 g/mol. The number of aromatic hydroxyl groups is 1. The number of amides is 1. The summed E-state index contributed by atoms with van der Waals surface area (Å²) in [6.07, 6.45) is -4.64. The molecule has 172 valence electrons. The first kappa shape index (κ1) is 22.5. The summed E-state index contributed by atoms with van der Waals surface area (Å²) < 4.78 is 43.5. The fraction of sp³-hybridized carbons (Fsp3) is 0.348. The van der Waals surface area contributed by atoms with Crippen LogP contribution in [0.1, 0.15) is 46.4 Å². The zero-order valence-corrected chi connectivity index (χ0v) is 17.6. The van der Waals surface area contributed by atoms with Crippen molar-refractivity contribution in [3.8, 4) is 17.6 Å². The molecule has 0 saturated heterocycles. The summed E-state index contributed by atoms with van der Waals surface area (Å²) in [5, 5.41) is 25.9. The number of carbonyl (C=O) groups excluding carboxylic acids is 1. The second-order valence-electron chi connectivity index (χ2n) is 7.90. The van der Waals surface area contributed by atoms with Gasteiger partial charge < -0.3 is 14.7 Å². The number of nitrogens with one attached hydrogen (secondary N) is 1. The number of aryl methyl sites for hydroxylation is 1. The van der Waals surface area contributed by atoms with Crippen LogP contribution in [-0.2, 0) is 19.5 Å². The van der Waals surface area contributed by atoms with Gasteiger partial charge in [0.1, 0.15) is 11.5 Å². The largest absolute Gasteiger partial charge is 0.507 e. The lowest BCUT2D eigenvalue weighted by molar-refractivity contribution is -0.134. The Bertz CT molecular complexity index is 1230. The number of carbonyl (C=O) groups is 1. The van der Waals surface area contributed by atoms with Crippen LogP contribution in [0.2, 0.25) is 0 Å². The average Bonchev–Trinajstić information content (AvgIpc) is 3.37. The number of fused-ring (bicyclic) bond motifs is 2. The van der Waals surface area contributed by atoms with Crippen LogP contribution in [0.4, 0.5) is 13.2 Å². The molecule has 1 amide bonds. The third kappa shape index (κ3) is 5.03. The van der Waals surface area contributed by atoms with E-state index in [4.69, 9.17) is 10.00 Å². The number of nitriles is 1. The summed E-state index contributed by atoms with van der Waals surface area (Å²) in [7, 11) is 0. The Balaban J connectivity index is 1.50. The molecule has 0 radical (unpaired) electrons. The van der Waals surface area contributed by atoms with Crippen molar-refractivity contribution >= 4 is 16.8 Å². The summed E-state index contributed by atoms with van der Waals surface area (Å²) in [5.74, 6) is -0.0426. The maximum atomic E-state index is 13.2. The zero-order chi connectivity index (χ0) is 23.6. The fourth-order valence-corrected chi connectivity index (χ4v) is 3.85. The normalized spacial score (nSPS) is 13.2. The van der Waals surface area contributed by atoms with Gasteiger partial charge in [0.25, 0.3) is 5.91 Å². The third-order valence-corrected chi connectivity index (χ3v) is 5.52. The van der Waals surface area contributed by atoms with E-state index in [1.165, 1.54) is 12.1 Å². The highest BCUT2D eigenvalue weighted by Gasteiger charge is 2.29. The molecule has 0 atom stereocenters. The van der Waals surface area contributed by atoms with Gasteiger partial charge >= 0.3 is 6.18 Å². The van der Waals surface area contributed by atoms with Crippen LogP contribution in [-0.4, -0.2) is 38.9 Å². The number of ether oxygens (including phenoxy) is 1.